The SMILES string of the molecule is CCn1cc(N)cc1C(=O)NC1CCCCC1. The molecule has 1 aromatic heterocycles. The van der Waals surface area contributed by atoms with Gasteiger partial charge in [0, 0.05) is 18.8 Å². The Morgan fingerprint density at radius 2 is 2.18 bits per heavy atom. The van der Waals surface area contributed by atoms with E-state index >= 15 is 0 Å². The van der Waals surface area contributed by atoms with Crippen LogP contribution >= 0.6 is 0 Å². The highest BCUT2D eigenvalue weighted by atomic mass is 16.2. The van der Waals surface area contributed by atoms with Gasteiger partial charge < -0.3 is 15.6 Å². The summed E-state index contributed by atoms with van der Waals surface area (Å²) in [6.07, 6.45) is 7.77. The maximum Gasteiger partial charge on any atom is 0.268 e. The van der Waals surface area contributed by atoms with Gasteiger partial charge in [-0.25, -0.2) is 0 Å². The van der Waals surface area contributed by atoms with Gasteiger partial charge in [0.2, 0.25) is 0 Å². The van der Waals surface area contributed by atoms with Crippen LogP contribution in [0.1, 0.15) is 49.5 Å². The van der Waals surface area contributed by atoms with Gasteiger partial charge in [0.25, 0.3) is 5.91 Å². The zero-order valence-electron chi connectivity index (χ0n) is 10.4. The standard InChI is InChI=1S/C13H21N3O/c1-2-16-9-10(14)8-12(16)13(17)15-11-6-4-3-5-7-11/h8-9,11H,2-7,14H2,1H3,(H,15,17). The van der Waals surface area contributed by atoms with Crippen molar-refractivity contribution in [1.82, 2.24) is 9.88 Å². The second-order valence-electron chi connectivity index (χ2n) is 4.75. The van der Waals surface area contributed by atoms with E-state index in [0.717, 1.165) is 19.4 Å². The molecule has 1 heterocycles. The number of hydrogen-bond donors (Lipinski definition) is 2. The highest BCUT2D eigenvalue weighted by Crippen LogP contribution is 2.18. The number of aryl methyl sites for hydroxylation is 1. The summed E-state index contributed by atoms with van der Waals surface area (Å²) >= 11 is 0. The average Bonchev–Trinajstić information content (AvgIpc) is 2.72. The summed E-state index contributed by atoms with van der Waals surface area (Å²) in [5.74, 6) is 0.00968. The number of carbonyl (C=O) groups excluding carboxylic acids is 1. The van der Waals surface area contributed by atoms with Gasteiger partial charge in [-0.1, -0.05) is 19.3 Å². The van der Waals surface area contributed by atoms with Crippen molar-refractivity contribution in [3.05, 3.63) is 18.0 Å². The maximum absolute atomic E-state index is 12.1. The minimum Gasteiger partial charge on any atom is -0.397 e. The van der Waals surface area contributed by atoms with E-state index < -0.39 is 0 Å². The van der Waals surface area contributed by atoms with Crippen LogP contribution in [0, 0.1) is 0 Å². The van der Waals surface area contributed by atoms with Crippen LogP contribution in [0.25, 0.3) is 0 Å². The molecule has 17 heavy (non-hydrogen) atoms. The van der Waals surface area contributed by atoms with Crippen molar-refractivity contribution in [1.29, 1.82) is 0 Å². The molecule has 1 fully saturated rings. The van der Waals surface area contributed by atoms with Gasteiger partial charge in [0.15, 0.2) is 0 Å². The Labute approximate surface area is 102 Å². The average molecular weight is 235 g/mol. The molecule has 4 heteroatoms. The van der Waals surface area contributed by atoms with Crippen LogP contribution in [0.5, 0.6) is 0 Å². The molecule has 0 saturated heterocycles. The molecule has 1 aliphatic rings. The van der Waals surface area contributed by atoms with Crippen molar-refractivity contribution in [3.63, 3.8) is 0 Å². The number of nitrogens with zero attached hydrogens (tertiary/aromatic N) is 1. The molecule has 0 aliphatic heterocycles. The van der Waals surface area contributed by atoms with Crippen LogP contribution in [-0.2, 0) is 6.54 Å². The summed E-state index contributed by atoms with van der Waals surface area (Å²) in [6, 6.07) is 2.10. The quantitative estimate of drug-likeness (QED) is 0.843. The van der Waals surface area contributed by atoms with Gasteiger partial charge in [-0.05, 0) is 25.8 Å². The number of nitrogen functional groups attached to an aromatic ring is 1. The third-order valence-electron chi connectivity index (χ3n) is 3.43. The highest BCUT2D eigenvalue weighted by Gasteiger charge is 2.18. The van der Waals surface area contributed by atoms with Crippen LogP contribution in [0.15, 0.2) is 12.3 Å². The lowest BCUT2D eigenvalue weighted by Crippen LogP contribution is -2.37. The van der Waals surface area contributed by atoms with Crippen molar-refractivity contribution in [2.75, 3.05) is 5.73 Å². The first-order valence-corrected chi connectivity index (χ1v) is 6.47. The normalized spacial score (nSPS) is 17.0. The van der Waals surface area contributed by atoms with Crippen LogP contribution in [-0.4, -0.2) is 16.5 Å². The van der Waals surface area contributed by atoms with Crippen LogP contribution in [0.3, 0.4) is 0 Å². The molecule has 3 N–H and O–H groups in total. The van der Waals surface area contributed by atoms with E-state index in [1.54, 1.807) is 6.07 Å². The molecule has 1 aromatic rings. The van der Waals surface area contributed by atoms with E-state index in [9.17, 15) is 4.79 Å². The molecule has 1 amide bonds. The van der Waals surface area contributed by atoms with Crippen LogP contribution < -0.4 is 11.1 Å². The Balaban J connectivity index is 2.02. The van der Waals surface area contributed by atoms with Gasteiger partial charge in [0.05, 0.1) is 5.69 Å². The van der Waals surface area contributed by atoms with E-state index in [-0.39, 0.29) is 5.91 Å². The van der Waals surface area contributed by atoms with Gasteiger partial charge in [-0.15, -0.1) is 0 Å². The molecule has 0 aromatic carbocycles. The second kappa shape index (κ2) is 5.25. The van der Waals surface area contributed by atoms with Crippen molar-refractivity contribution < 1.29 is 4.79 Å². The van der Waals surface area contributed by atoms with Crippen molar-refractivity contribution in [2.24, 2.45) is 0 Å². The van der Waals surface area contributed by atoms with Crippen molar-refractivity contribution >= 4 is 11.6 Å². The van der Waals surface area contributed by atoms with Gasteiger partial charge in [-0.2, -0.15) is 0 Å². The summed E-state index contributed by atoms with van der Waals surface area (Å²) in [5.41, 5.74) is 7.05. The Bertz CT molecular complexity index is 391. The van der Waals surface area contributed by atoms with Crippen LogP contribution in [0.2, 0.25) is 0 Å². The fourth-order valence-corrected chi connectivity index (χ4v) is 2.49. The third kappa shape index (κ3) is 2.81. The smallest absolute Gasteiger partial charge is 0.268 e. The number of nitrogens with one attached hydrogen (secondary N) is 1. The number of amides is 1. The second-order valence-corrected chi connectivity index (χ2v) is 4.75. The highest BCUT2D eigenvalue weighted by molar-refractivity contribution is 5.94. The summed E-state index contributed by atoms with van der Waals surface area (Å²) in [5, 5.41) is 3.11. The molecule has 0 unspecified atom stereocenters. The fourth-order valence-electron chi connectivity index (χ4n) is 2.49. The molecule has 0 bridgehead atoms. The molecule has 94 valence electrons. The number of nitrogens with two attached hydrogens (primary N) is 1. The first-order chi connectivity index (χ1) is 8.20. The Hall–Kier alpha value is -1.45. The number of anilines is 1. The minimum absolute atomic E-state index is 0.00968. The Morgan fingerprint density at radius 3 is 2.82 bits per heavy atom. The maximum atomic E-state index is 12.1. The third-order valence-corrected chi connectivity index (χ3v) is 3.43. The molecular weight excluding hydrogens is 214 g/mol. The van der Waals surface area contributed by atoms with Crippen molar-refractivity contribution in [3.8, 4) is 0 Å². The lowest BCUT2D eigenvalue weighted by atomic mass is 9.95. The molecule has 0 radical (unpaired) electrons. The summed E-state index contributed by atoms with van der Waals surface area (Å²) < 4.78 is 1.90. The number of aromatic nitrogens is 1. The molecule has 0 spiro atoms. The van der Waals surface area contributed by atoms with E-state index in [1.165, 1.54) is 19.3 Å². The summed E-state index contributed by atoms with van der Waals surface area (Å²) in [6.45, 7) is 2.78. The Morgan fingerprint density at radius 1 is 1.47 bits per heavy atom. The number of hydrogen-bond acceptors (Lipinski definition) is 2. The zero-order valence-corrected chi connectivity index (χ0v) is 10.4. The lowest BCUT2D eigenvalue weighted by Gasteiger charge is -2.22. The summed E-state index contributed by atoms with van der Waals surface area (Å²) in [4.78, 5) is 12.1. The first kappa shape index (κ1) is 12.0. The van der Waals surface area contributed by atoms with Gasteiger partial charge in [-0.3, -0.25) is 4.79 Å². The largest absolute Gasteiger partial charge is 0.397 e. The topological polar surface area (TPSA) is 60.0 Å². The first-order valence-electron chi connectivity index (χ1n) is 6.47. The van der Waals surface area contributed by atoms with E-state index in [4.69, 9.17) is 5.73 Å². The van der Waals surface area contributed by atoms with Gasteiger partial charge in [0.1, 0.15) is 5.69 Å². The number of carbonyl (C=O) groups is 1. The van der Waals surface area contributed by atoms with Crippen LogP contribution in [0.4, 0.5) is 5.69 Å². The molecular formula is C13H21N3O. The van der Waals surface area contributed by atoms with E-state index in [0.29, 0.717) is 17.4 Å². The van der Waals surface area contributed by atoms with E-state index in [2.05, 4.69) is 5.32 Å². The molecule has 2 rings (SSSR count). The predicted molar refractivity (Wildman–Crippen MR) is 68.9 cm³/mol. The summed E-state index contributed by atoms with van der Waals surface area (Å²) in [7, 11) is 0. The zero-order chi connectivity index (χ0) is 12.3. The molecule has 1 saturated carbocycles. The predicted octanol–water partition coefficient (Wildman–Crippen LogP) is 2.15. The minimum atomic E-state index is 0.00968. The lowest BCUT2D eigenvalue weighted by molar-refractivity contribution is 0.0918. The Kier molecular flexibility index (Phi) is 3.71. The number of rotatable bonds is 3. The van der Waals surface area contributed by atoms with Gasteiger partial charge >= 0.3 is 0 Å². The molecule has 0 atom stereocenters. The monoisotopic (exact) mass is 235 g/mol. The molecule has 4 nitrogen and oxygen atoms in total. The fraction of sp³-hybridized carbons (Fsp3) is 0.615. The molecule has 1 aliphatic carbocycles. The van der Waals surface area contributed by atoms with E-state index in [1.807, 2.05) is 17.7 Å². The van der Waals surface area contributed by atoms with Crippen molar-refractivity contribution in [2.45, 2.75) is 51.6 Å².